The van der Waals surface area contributed by atoms with Crippen molar-refractivity contribution >= 4 is 5.69 Å². The maximum Gasteiger partial charge on any atom is 0.146 e. The Labute approximate surface area is 127 Å². The first-order valence-corrected chi connectivity index (χ1v) is 7.84. The van der Waals surface area contributed by atoms with E-state index in [0.717, 1.165) is 19.3 Å². The van der Waals surface area contributed by atoms with E-state index in [-0.39, 0.29) is 11.4 Å². The van der Waals surface area contributed by atoms with Crippen molar-refractivity contribution in [2.24, 2.45) is 17.6 Å². The van der Waals surface area contributed by atoms with Crippen LogP contribution in [0.4, 0.5) is 10.1 Å². The van der Waals surface area contributed by atoms with Crippen LogP contribution in [-0.2, 0) is 0 Å². The molecule has 0 spiro atoms. The van der Waals surface area contributed by atoms with Crippen molar-refractivity contribution < 1.29 is 9.13 Å². The van der Waals surface area contributed by atoms with Gasteiger partial charge in [0.2, 0.25) is 0 Å². The third kappa shape index (κ3) is 3.31. The standard InChI is InChI=1S/C17H27FN2O/c1-12(2)14-6-4-5-9-17(14,11-19)20-16-10-13(21-3)7-8-15(16)18/h7-8,10,12,14,20H,4-6,9,11,19H2,1-3H3. The van der Waals surface area contributed by atoms with E-state index in [1.807, 2.05) is 0 Å². The number of hydrogen-bond donors (Lipinski definition) is 2. The molecule has 0 heterocycles. The minimum atomic E-state index is -0.253. The van der Waals surface area contributed by atoms with Crippen LogP contribution in [0.15, 0.2) is 18.2 Å². The van der Waals surface area contributed by atoms with Gasteiger partial charge in [0, 0.05) is 12.6 Å². The Morgan fingerprint density at radius 2 is 2.19 bits per heavy atom. The second kappa shape index (κ2) is 6.65. The molecule has 0 radical (unpaired) electrons. The van der Waals surface area contributed by atoms with Gasteiger partial charge in [0.25, 0.3) is 0 Å². The van der Waals surface area contributed by atoms with Gasteiger partial charge in [-0.1, -0.05) is 26.7 Å². The van der Waals surface area contributed by atoms with E-state index < -0.39 is 0 Å². The summed E-state index contributed by atoms with van der Waals surface area (Å²) in [5, 5.41) is 3.44. The number of benzene rings is 1. The molecule has 0 aromatic heterocycles. The van der Waals surface area contributed by atoms with E-state index in [0.29, 0.717) is 29.8 Å². The average molecular weight is 294 g/mol. The van der Waals surface area contributed by atoms with Gasteiger partial charge in [0.05, 0.1) is 18.3 Å². The third-order valence-electron chi connectivity index (χ3n) is 4.82. The van der Waals surface area contributed by atoms with Crippen LogP contribution in [0.3, 0.4) is 0 Å². The summed E-state index contributed by atoms with van der Waals surface area (Å²) in [7, 11) is 1.59. The Balaban J connectivity index is 2.32. The molecule has 118 valence electrons. The van der Waals surface area contributed by atoms with Crippen molar-refractivity contribution in [3.8, 4) is 5.75 Å². The molecule has 1 aliphatic rings. The van der Waals surface area contributed by atoms with Crippen molar-refractivity contribution in [2.45, 2.75) is 45.1 Å². The Morgan fingerprint density at radius 3 is 2.81 bits per heavy atom. The molecule has 2 atom stereocenters. The molecule has 4 heteroatoms. The number of methoxy groups -OCH3 is 1. The molecule has 0 bridgehead atoms. The normalized spacial score (nSPS) is 25.9. The van der Waals surface area contributed by atoms with Crippen LogP contribution in [0.2, 0.25) is 0 Å². The zero-order chi connectivity index (χ0) is 15.5. The average Bonchev–Trinajstić information content (AvgIpc) is 2.49. The van der Waals surface area contributed by atoms with E-state index in [1.54, 1.807) is 19.2 Å². The van der Waals surface area contributed by atoms with Gasteiger partial charge in [-0.2, -0.15) is 0 Å². The van der Waals surface area contributed by atoms with Crippen molar-refractivity contribution in [2.75, 3.05) is 19.0 Å². The smallest absolute Gasteiger partial charge is 0.146 e. The lowest BCUT2D eigenvalue weighted by atomic mass is 9.67. The van der Waals surface area contributed by atoms with Crippen LogP contribution in [0.25, 0.3) is 0 Å². The van der Waals surface area contributed by atoms with Crippen molar-refractivity contribution in [3.63, 3.8) is 0 Å². The Bertz CT molecular complexity index is 478. The number of halogens is 1. The molecular formula is C17H27FN2O. The fourth-order valence-electron chi connectivity index (χ4n) is 3.69. The Hall–Kier alpha value is -1.29. The monoisotopic (exact) mass is 294 g/mol. The van der Waals surface area contributed by atoms with Crippen LogP contribution in [0, 0.1) is 17.7 Å². The first-order chi connectivity index (χ1) is 10.0. The summed E-state index contributed by atoms with van der Waals surface area (Å²) in [5.41, 5.74) is 6.39. The summed E-state index contributed by atoms with van der Waals surface area (Å²) in [6, 6.07) is 4.80. The van der Waals surface area contributed by atoms with Gasteiger partial charge in [-0.3, -0.25) is 0 Å². The lowest BCUT2D eigenvalue weighted by molar-refractivity contribution is 0.165. The van der Waals surface area contributed by atoms with Crippen molar-refractivity contribution in [1.82, 2.24) is 0 Å². The second-order valence-corrected chi connectivity index (χ2v) is 6.43. The number of rotatable bonds is 5. The van der Waals surface area contributed by atoms with Crippen molar-refractivity contribution in [1.29, 1.82) is 0 Å². The molecule has 1 saturated carbocycles. The summed E-state index contributed by atoms with van der Waals surface area (Å²) in [4.78, 5) is 0. The number of anilines is 1. The summed E-state index contributed by atoms with van der Waals surface area (Å²) >= 11 is 0. The van der Waals surface area contributed by atoms with Crippen LogP contribution in [0.1, 0.15) is 39.5 Å². The Morgan fingerprint density at radius 1 is 1.43 bits per heavy atom. The molecule has 2 unspecified atom stereocenters. The molecule has 1 aromatic carbocycles. The maximum absolute atomic E-state index is 14.1. The zero-order valence-electron chi connectivity index (χ0n) is 13.3. The van der Waals surface area contributed by atoms with Gasteiger partial charge in [-0.15, -0.1) is 0 Å². The molecule has 3 N–H and O–H groups in total. The molecule has 21 heavy (non-hydrogen) atoms. The zero-order valence-corrected chi connectivity index (χ0v) is 13.3. The fraction of sp³-hybridized carbons (Fsp3) is 0.647. The SMILES string of the molecule is COc1ccc(F)c(NC2(CN)CCCCC2C(C)C)c1. The molecular weight excluding hydrogens is 267 g/mol. The quantitative estimate of drug-likeness (QED) is 0.868. The number of nitrogens with one attached hydrogen (secondary N) is 1. The summed E-state index contributed by atoms with van der Waals surface area (Å²) < 4.78 is 19.3. The fourth-order valence-corrected chi connectivity index (χ4v) is 3.69. The van der Waals surface area contributed by atoms with Gasteiger partial charge in [0.15, 0.2) is 0 Å². The van der Waals surface area contributed by atoms with Gasteiger partial charge >= 0.3 is 0 Å². The van der Waals surface area contributed by atoms with Crippen LogP contribution >= 0.6 is 0 Å². The topological polar surface area (TPSA) is 47.3 Å². The van der Waals surface area contributed by atoms with Crippen LogP contribution in [0.5, 0.6) is 5.75 Å². The lowest BCUT2D eigenvalue weighted by Crippen LogP contribution is -2.55. The van der Waals surface area contributed by atoms with Gasteiger partial charge in [-0.05, 0) is 36.8 Å². The molecule has 0 saturated heterocycles. The Kier molecular flexibility index (Phi) is 5.09. The highest BCUT2D eigenvalue weighted by molar-refractivity contribution is 5.52. The predicted molar refractivity (Wildman–Crippen MR) is 85.2 cm³/mol. The summed E-state index contributed by atoms with van der Waals surface area (Å²) in [6.45, 7) is 4.97. The van der Waals surface area contributed by atoms with E-state index in [9.17, 15) is 4.39 Å². The summed E-state index contributed by atoms with van der Waals surface area (Å²) in [5.74, 6) is 1.39. The molecule has 0 amide bonds. The van der Waals surface area contributed by atoms with E-state index in [4.69, 9.17) is 10.5 Å². The molecule has 1 aliphatic carbocycles. The van der Waals surface area contributed by atoms with Crippen molar-refractivity contribution in [3.05, 3.63) is 24.0 Å². The number of nitrogens with two attached hydrogens (primary N) is 1. The molecule has 3 nitrogen and oxygen atoms in total. The highest BCUT2D eigenvalue weighted by atomic mass is 19.1. The van der Waals surface area contributed by atoms with Crippen LogP contribution in [-0.4, -0.2) is 19.2 Å². The highest BCUT2D eigenvalue weighted by Crippen LogP contribution is 2.41. The molecule has 1 fully saturated rings. The first kappa shape index (κ1) is 16.1. The third-order valence-corrected chi connectivity index (χ3v) is 4.82. The molecule has 1 aromatic rings. The van der Waals surface area contributed by atoms with Gasteiger partial charge in [-0.25, -0.2) is 4.39 Å². The minimum absolute atomic E-state index is 0.223. The van der Waals surface area contributed by atoms with Gasteiger partial charge < -0.3 is 15.8 Å². The van der Waals surface area contributed by atoms with Gasteiger partial charge in [0.1, 0.15) is 11.6 Å². The summed E-state index contributed by atoms with van der Waals surface area (Å²) in [6.07, 6.45) is 4.50. The lowest BCUT2D eigenvalue weighted by Gasteiger charge is -2.47. The van der Waals surface area contributed by atoms with E-state index >= 15 is 0 Å². The second-order valence-electron chi connectivity index (χ2n) is 6.43. The largest absolute Gasteiger partial charge is 0.497 e. The predicted octanol–water partition coefficient (Wildman–Crippen LogP) is 3.79. The highest BCUT2D eigenvalue weighted by Gasteiger charge is 2.41. The van der Waals surface area contributed by atoms with E-state index in [1.165, 1.54) is 12.5 Å². The molecule has 0 aliphatic heterocycles. The van der Waals surface area contributed by atoms with E-state index in [2.05, 4.69) is 19.2 Å². The number of ether oxygens (including phenoxy) is 1. The maximum atomic E-state index is 14.1. The van der Waals surface area contributed by atoms with Crippen LogP contribution < -0.4 is 15.8 Å². The minimum Gasteiger partial charge on any atom is -0.497 e. The molecule has 2 rings (SSSR count). The number of hydrogen-bond acceptors (Lipinski definition) is 3. The first-order valence-electron chi connectivity index (χ1n) is 7.84.